The highest BCUT2D eigenvalue weighted by atomic mass is 79.9. The van der Waals surface area contributed by atoms with Gasteiger partial charge < -0.3 is 0 Å². The lowest BCUT2D eigenvalue weighted by Crippen LogP contribution is -2.36. The summed E-state index contributed by atoms with van der Waals surface area (Å²) < 4.78 is 38.6. The van der Waals surface area contributed by atoms with E-state index in [0.29, 0.717) is 15.8 Å². The van der Waals surface area contributed by atoms with E-state index in [1.165, 1.54) is 0 Å². The number of sulfonamides is 1. The number of hydrogen-bond acceptors (Lipinski definition) is 3. The molecule has 0 bridgehead atoms. The Morgan fingerprint density at radius 3 is 2.61 bits per heavy atom. The monoisotopic (exact) mass is 353 g/mol. The predicted octanol–water partition coefficient (Wildman–Crippen LogP) is 1.80. The van der Waals surface area contributed by atoms with Gasteiger partial charge in [-0.3, -0.25) is 4.21 Å². The molecular weight excluding hydrogens is 338 g/mol. The van der Waals surface area contributed by atoms with Gasteiger partial charge >= 0.3 is 0 Å². The Morgan fingerprint density at radius 2 is 2.06 bits per heavy atom. The first-order valence-electron chi connectivity index (χ1n) is 5.31. The quantitative estimate of drug-likeness (QED) is 0.877. The molecule has 0 radical (unpaired) electrons. The minimum absolute atomic E-state index is 0.241. The largest absolute Gasteiger partial charge is 0.260 e. The number of rotatable bonds is 5. The third-order valence-corrected chi connectivity index (χ3v) is 5.47. The van der Waals surface area contributed by atoms with Crippen LogP contribution < -0.4 is 4.72 Å². The van der Waals surface area contributed by atoms with Crippen LogP contribution in [0.4, 0.5) is 0 Å². The maximum atomic E-state index is 12.2. The molecular formula is C11H16BrNO3S2. The van der Waals surface area contributed by atoms with E-state index in [9.17, 15) is 12.6 Å². The van der Waals surface area contributed by atoms with Crippen molar-refractivity contribution in [3.8, 4) is 0 Å². The molecule has 2 unspecified atom stereocenters. The smallest absolute Gasteiger partial charge is 0.241 e. The zero-order valence-corrected chi connectivity index (χ0v) is 13.7. The van der Waals surface area contributed by atoms with Crippen molar-refractivity contribution in [1.82, 2.24) is 4.72 Å². The van der Waals surface area contributed by atoms with Crippen molar-refractivity contribution in [2.24, 2.45) is 0 Å². The fourth-order valence-electron chi connectivity index (χ4n) is 1.58. The van der Waals surface area contributed by atoms with E-state index in [2.05, 4.69) is 20.7 Å². The van der Waals surface area contributed by atoms with Gasteiger partial charge in [0.05, 0.1) is 4.90 Å². The van der Waals surface area contributed by atoms with E-state index < -0.39 is 20.8 Å². The topological polar surface area (TPSA) is 63.2 Å². The Balaban J connectivity index is 2.99. The predicted molar refractivity (Wildman–Crippen MR) is 77.6 cm³/mol. The summed E-state index contributed by atoms with van der Waals surface area (Å²) >= 11 is 3.25. The Kier molecular flexibility index (Phi) is 5.51. The molecule has 0 aromatic heterocycles. The second-order valence-corrected chi connectivity index (χ2v) is 8.25. The molecule has 2 atom stereocenters. The van der Waals surface area contributed by atoms with Crippen LogP contribution in [0, 0.1) is 6.92 Å². The molecule has 102 valence electrons. The van der Waals surface area contributed by atoms with E-state index in [-0.39, 0.29) is 10.9 Å². The van der Waals surface area contributed by atoms with Crippen LogP contribution in [0.1, 0.15) is 12.5 Å². The average Bonchev–Trinajstić information content (AvgIpc) is 2.19. The maximum absolute atomic E-state index is 12.2. The first kappa shape index (κ1) is 15.8. The molecule has 0 aliphatic rings. The van der Waals surface area contributed by atoms with Gasteiger partial charge in [-0.25, -0.2) is 13.1 Å². The Hall–Kier alpha value is -0.240. The van der Waals surface area contributed by atoms with Crippen LogP contribution in [-0.4, -0.2) is 30.7 Å². The van der Waals surface area contributed by atoms with E-state index in [1.807, 2.05) is 0 Å². The molecule has 7 heteroatoms. The summed E-state index contributed by atoms with van der Waals surface area (Å²) in [6.45, 7) is 3.44. The molecule has 0 aliphatic carbocycles. The molecule has 1 aromatic rings. The molecule has 0 fully saturated rings. The van der Waals surface area contributed by atoms with E-state index in [1.54, 1.807) is 38.3 Å². The highest BCUT2D eigenvalue weighted by molar-refractivity contribution is 9.10. The number of benzene rings is 1. The lowest BCUT2D eigenvalue weighted by molar-refractivity contribution is 0.569. The molecule has 18 heavy (non-hydrogen) atoms. The number of aryl methyl sites for hydroxylation is 1. The van der Waals surface area contributed by atoms with Crippen molar-refractivity contribution >= 4 is 36.8 Å². The van der Waals surface area contributed by atoms with Crippen molar-refractivity contribution in [1.29, 1.82) is 0 Å². The number of hydrogen-bond donors (Lipinski definition) is 1. The van der Waals surface area contributed by atoms with Crippen LogP contribution in [0.5, 0.6) is 0 Å². The minimum Gasteiger partial charge on any atom is -0.260 e. The van der Waals surface area contributed by atoms with Crippen LogP contribution >= 0.6 is 15.9 Å². The Bertz CT molecular complexity index is 557. The van der Waals surface area contributed by atoms with Gasteiger partial charge in [-0.2, -0.15) is 0 Å². The van der Waals surface area contributed by atoms with Gasteiger partial charge in [0.2, 0.25) is 10.0 Å². The van der Waals surface area contributed by atoms with Gasteiger partial charge in [0.25, 0.3) is 0 Å². The van der Waals surface area contributed by atoms with Crippen LogP contribution in [0.25, 0.3) is 0 Å². The summed E-state index contributed by atoms with van der Waals surface area (Å²) in [6.07, 6.45) is 1.55. The molecule has 0 amide bonds. The summed E-state index contributed by atoms with van der Waals surface area (Å²) in [6, 6.07) is 4.73. The lowest BCUT2D eigenvalue weighted by atomic mass is 10.2. The first-order valence-corrected chi connectivity index (χ1v) is 9.31. The standard InChI is InChI=1S/C11H16BrNO3S2/c1-8-4-5-10(12)6-11(8)18(15,16)13-9(2)7-17(3)14/h4-6,9,13H,7H2,1-3H3. The van der Waals surface area contributed by atoms with Gasteiger partial charge in [0.15, 0.2) is 0 Å². The highest BCUT2D eigenvalue weighted by Crippen LogP contribution is 2.20. The first-order chi connectivity index (χ1) is 8.22. The molecule has 4 nitrogen and oxygen atoms in total. The SMILES string of the molecule is Cc1ccc(Br)cc1S(=O)(=O)NC(C)CS(C)=O. The zero-order chi connectivity index (χ0) is 13.9. The van der Waals surface area contributed by atoms with Crippen molar-refractivity contribution in [2.45, 2.75) is 24.8 Å². The number of halogens is 1. The Morgan fingerprint density at radius 1 is 1.44 bits per heavy atom. The van der Waals surface area contributed by atoms with Gasteiger partial charge in [0, 0.05) is 33.3 Å². The third-order valence-electron chi connectivity index (χ3n) is 2.28. The highest BCUT2D eigenvalue weighted by Gasteiger charge is 2.20. The third kappa shape index (κ3) is 4.46. The van der Waals surface area contributed by atoms with Crippen LogP contribution in [0.15, 0.2) is 27.6 Å². The van der Waals surface area contributed by atoms with E-state index >= 15 is 0 Å². The fraction of sp³-hybridized carbons (Fsp3) is 0.455. The van der Waals surface area contributed by atoms with Crippen molar-refractivity contribution in [2.75, 3.05) is 12.0 Å². The summed E-state index contributed by atoms with van der Waals surface area (Å²) in [5.74, 6) is 0.298. The summed E-state index contributed by atoms with van der Waals surface area (Å²) in [5.41, 5.74) is 0.676. The molecule has 0 aliphatic heterocycles. The van der Waals surface area contributed by atoms with Crippen molar-refractivity contribution < 1.29 is 12.6 Å². The molecule has 1 rings (SSSR count). The van der Waals surface area contributed by atoms with Crippen LogP contribution in [0.2, 0.25) is 0 Å². The summed E-state index contributed by atoms with van der Waals surface area (Å²) in [7, 11) is -4.61. The van der Waals surface area contributed by atoms with Crippen LogP contribution in [0.3, 0.4) is 0 Å². The van der Waals surface area contributed by atoms with Crippen molar-refractivity contribution in [3.63, 3.8) is 0 Å². The van der Waals surface area contributed by atoms with E-state index in [0.717, 1.165) is 0 Å². The molecule has 0 heterocycles. The summed E-state index contributed by atoms with van der Waals surface area (Å²) in [5, 5.41) is 0. The maximum Gasteiger partial charge on any atom is 0.241 e. The van der Waals surface area contributed by atoms with Gasteiger partial charge in [-0.05, 0) is 31.5 Å². The molecule has 0 saturated carbocycles. The molecule has 1 aromatic carbocycles. The fourth-order valence-corrected chi connectivity index (χ4v) is 4.50. The minimum atomic E-state index is -3.57. The van der Waals surface area contributed by atoms with Crippen LogP contribution in [-0.2, 0) is 20.8 Å². The Labute approximate surface area is 119 Å². The zero-order valence-electron chi connectivity index (χ0n) is 10.4. The summed E-state index contributed by atoms with van der Waals surface area (Å²) in [4.78, 5) is 0.241. The average molecular weight is 354 g/mol. The van der Waals surface area contributed by atoms with Crippen molar-refractivity contribution in [3.05, 3.63) is 28.2 Å². The number of nitrogens with one attached hydrogen (secondary N) is 1. The molecule has 1 N–H and O–H groups in total. The van der Waals surface area contributed by atoms with Gasteiger partial charge in [0.1, 0.15) is 0 Å². The van der Waals surface area contributed by atoms with Gasteiger partial charge in [-0.15, -0.1) is 0 Å². The lowest BCUT2D eigenvalue weighted by Gasteiger charge is -2.14. The second kappa shape index (κ2) is 6.27. The van der Waals surface area contributed by atoms with Gasteiger partial charge in [-0.1, -0.05) is 22.0 Å². The van der Waals surface area contributed by atoms with E-state index in [4.69, 9.17) is 0 Å². The molecule has 0 spiro atoms. The molecule has 0 saturated heterocycles. The normalized spacial score (nSPS) is 15.3. The second-order valence-electron chi connectivity index (χ2n) is 4.17.